The number of nitrogens with two attached hydrogens (primary N) is 1. The maximum atomic E-state index is 12.0. The highest BCUT2D eigenvalue weighted by Gasteiger charge is 2.09. The topological polar surface area (TPSA) is 98.7 Å². The van der Waals surface area contributed by atoms with Crippen LogP contribution in [0.1, 0.15) is 28.3 Å². The molecular weight excluding hydrogens is 316 g/mol. The van der Waals surface area contributed by atoms with Crippen molar-refractivity contribution in [2.45, 2.75) is 19.8 Å². The highest BCUT2D eigenvalue weighted by molar-refractivity contribution is 5.91. The van der Waals surface area contributed by atoms with Crippen LogP contribution in [0.4, 0.5) is 5.82 Å². The normalized spacial score (nSPS) is 10.6. The van der Waals surface area contributed by atoms with Crippen molar-refractivity contribution in [2.75, 3.05) is 12.3 Å². The Morgan fingerprint density at radius 2 is 2.00 bits per heavy atom. The first-order valence-electron chi connectivity index (χ1n) is 8.10. The predicted octanol–water partition coefficient (Wildman–Crippen LogP) is 1.92. The highest BCUT2D eigenvalue weighted by Crippen LogP contribution is 2.14. The van der Waals surface area contributed by atoms with Crippen LogP contribution in [-0.4, -0.2) is 32.2 Å². The molecule has 2 heterocycles. The van der Waals surface area contributed by atoms with Gasteiger partial charge in [0.1, 0.15) is 11.5 Å². The fourth-order valence-corrected chi connectivity index (χ4v) is 2.42. The van der Waals surface area contributed by atoms with Gasteiger partial charge in [0.25, 0.3) is 5.91 Å². The molecule has 0 aliphatic carbocycles. The van der Waals surface area contributed by atoms with Gasteiger partial charge in [-0.1, -0.05) is 18.2 Å². The number of aryl methyl sites for hydroxylation is 2. The van der Waals surface area contributed by atoms with E-state index in [0.717, 1.165) is 29.9 Å². The van der Waals surface area contributed by atoms with Crippen molar-refractivity contribution in [1.82, 2.24) is 25.1 Å². The van der Waals surface area contributed by atoms with Gasteiger partial charge in [-0.15, -0.1) is 0 Å². The van der Waals surface area contributed by atoms with Crippen molar-refractivity contribution in [3.63, 3.8) is 0 Å². The smallest absolute Gasteiger partial charge is 0.271 e. The SMILES string of the molecule is Cc1cnc(C(=O)NCCCc2cc(N)n(-c3ccccc3)n2)cn1. The van der Waals surface area contributed by atoms with Gasteiger partial charge in [0, 0.05) is 18.8 Å². The van der Waals surface area contributed by atoms with Crippen LogP contribution in [0, 0.1) is 6.92 Å². The zero-order valence-electron chi connectivity index (χ0n) is 14.0. The summed E-state index contributed by atoms with van der Waals surface area (Å²) in [4.78, 5) is 20.1. The summed E-state index contributed by atoms with van der Waals surface area (Å²) in [5.74, 6) is 0.377. The lowest BCUT2D eigenvalue weighted by molar-refractivity contribution is 0.0948. The number of nitrogen functional groups attached to an aromatic ring is 1. The van der Waals surface area contributed by atoms with E-state index in [0.29, 0.717) is 18.1 Å². The van der Waals surface area contributed by atoms with E-state index in [1.54, 1.807) is 10.9 Å². The van der Waals surface area contributed by atoms with Crippen LogP contribution in [0.25, 0.3) is 5.69 Å². The molecule has 0 spiro atoms. The number of nitrogens with zero attached hydrogens (tertiary/aromatic N) is 4. The Bertz CT molecular complexity index is 842. The Morgan fingerprint density at radius 1 is 1.20 bits per heavy atom. The first kappa shape index (κ1) is 16.6. The Kier molecular flexibility index (Phi) is 5.03. The van der Waals surface area contributed by atoms with Gasteiger partial charge in [0.05, 0.1) is 23.3 Å². The van der Waals surface area contributed by atoms with E-state index in [1.807, 2.05) is 43.3 Å². The minimum Gasteiger partial charge on any atom is -0.384 e. The van der Waals surface area contributed by atoms with E-state index in [9.17, 15) is 4.79 Å². The number of aromatic nitrogens is 4. The van der Waals surface area contributed by atoms with E-state index >= 15 is 0 Å². The van der Waals surface area contributed by atoms with Crippen LogP contribution in [0.3, 0.4) is 0 Å². The third kappa shape index (κ3) is 4.20. The van der Waals surface area contributed by atoms with Gasteiger partial charge in [0.2, 0.25) is 0 Å². The molecular formula is C18H20N6O. The zero-order chi connectivity index (χ0) is 17.6. The first-order valence-corrected chi connectivity index (χ1v) is 8.10. The second kappa shape index (κ2) is 7.57. The molecule has 1 amide bonds. The first-order chi connectivity index (χ1) is 12.1. The lowest BCUT2D eigenvalue weighted by Crippen LogP contribution is -2.25. The molecule has 7 nitrogen and oxygen atoms in total. The molecule has 0 aliphatic heterocycles. The van der Waals surface area contributed by atoms with Gasteiger partial charge >= 0.3 is 0 Å². The number of hydrogen-bond acceptors (Lipinski definition) is 5. The highest BCUT2D eigenvalue weighted by atomic mass is 16.1. The molecule has 3 N–H and O–H groups in total. The van der Waals surface area contributed by atoms with Crippen LogP contribution in [0.2, 0.25) is 0 Å². The second-order valence-electron chi connectivity index (χ2n) is 5.71. The van der Waals surface area contributed by atoms with Crippen molar-refractivity contribution in [1.29, 1.82) is 0 Å². The summed E-state index contributed by atoms with van der Waals surface area (Å²) in [6.45, 7) is 2.36. The van der Waals surface area contributed by atoms with Gasteiger partial charge < -0.3 is 11.1 Å². The summed E-state index contributed by atoms with van der Waals surface area (Å²) in [6.07, 6.45) is 4.54. The number of carbonyl (C=O) groups excluding carboxylic acids is 1. The minimum atomic E-state index is -0.221. The summed E-state index contributed by atoms with van der Waals surface area (Å²) in [6, 6.07) is 11.6. The molecule has 2 aromatic heterocycles. The van der Waals surface area contributed by atoms with Crippen molar-refractivity contribution >= 4 is 11.7 Å². The number of anilines is 1. The Morgan fingerprint density at radius 3 is 2.72 bits per heavy atom. The van der Waals surface area contributed by atoms with Crippen LogP contribution in [0.15, 0.2) is 48.8 Å². The van der Waals surface area contributed by atoms with E-state index in [2.05, 4.69) is 20.4 Å². The average Bonchev–Trinajstić information content (AvgIpc) is 3.00. The molecule has 0 radical (unpaired) electrons. The average molecular weight is 336 g/mol. The summed E-state index contributed by atoms with van der Waals surface area (Å²) >= 11 is 0. The van der Waals surface area contributed by atoms with E-state index in [-0.39, 0.29) is 5.91 Å². The predicted molar refractivity (Wildman–Crippen MR) is 95.4 cm³/mol. The standard InChI is InChI=1S/C18H20N6O/c1-13-11-22-16(12-21-13)18(25)20-9-5-6-14-10-17(19)24(23-14)15-7-3-2-4-8-15/h2-4,7-8,10-12H,5-6,9,19H2,1H3,(H,20,25). The molecule has 128 valence electrons. The largest absolute Gasteiger partial charge is 0.384 e. The van der Waals surface area contributed by atoms with Gasteiger partial charge in [0.15, 0.2) is 0 Å². The number of carbonyl (C=O) groups is 1. The van der Waals surface area contributed by atoms with E-state index < -0.39 is 0 Å². The lowest BCUT2D eigenvalue weighted by atomic mass is 10.2. The molecule has 0 atom stereocenters. The third-order valence-electron chi connectivity index (χ3n) is 3.70. The number of rotatable bonds is 6. The fraction of sp³-hybridized carbons (Fsp3) is 0.222. The van der Waals surface area contributed by atoms with Crippen LogP contribution < -0.4 is 11.1 Å². The maximum absolute atomic E-state index is 12.0. The van der Waals surface area contributed by atoms with Crippen LogP contribution in [0.5, 0.6) is 0 Å². The number of benzene rings is 1. The Balaban J connectivity index is 1.51. The van der Waals surface area contributed by atoms with E-state index in [4.69, 9.17) is 5.73 Å². The molecule has 3 aromatic rings. The van der Waals surface area contributed by atoms with Crippen LogP contribution in [-0.2, 0) is 6.42 Å². The number of para-hydroxylation sites is 1. The zero-order valence-corrected chi connectivity index (χ0v) is 14.0. The van der Waals surface area contributed by atoms with Crippen molar-refractivity contribution in [3.05, 3.63) is 65.9 Å². The van der Waals surface area contributed by atoms with Gasteiger partial charge in [-0.05, 0) is 31.9 Å². The minimum absolute atomic E-state index is 0.221. The lowest BCUT2D eigenvalue weighted by Gasteiger charge is -2.04. The fourth-order valence-electron chi connectivity index (χ4n) is 2.42. The Labute approximate surface area is 145 Å². The summed E-state index contributed by atoms with van der Waals surface area (Å²) in [5.41, 5.74) is 8.96. The Hall–Kier alpha value is -3.22. The van der Waals surface area contributed by atoms with Gasteiger partial charge in [-0.3, -0.25) is 9.78 Å². The molecule has 0 unspecified atom stereocenters. The summed E-state index contributed by atoms with van der Waals surface area (Å²) in [7, 11) is 0. The number of nitrogens with one attached hydrogen (secondary N) is 1. The van der Waals surface area contributed by atoms with E-state index in [1.165, 1.54) is 6.20 Å². The maximum Gasteiger partial charge on any atom is 0.271 e. The molecule has 0 fully saturated rings. The van der Waals surface area contributed by atoms with Crippen molar-refractivity contribution in [3.8, 4) is 5.69 Å². The quantitative estimate of drug-likeness (QED) is 0.670. The second-order valence-corrected chi connectivity index (χ2v) is 5.71. The molecule has 7 heteroatoms. The monoisotopic (exact) mass is 336 g/mol. The molecule has 0 bridgehead atoms. The molecule has 0 saturated heterocycles. The number of hydrogen-bond donors (Lipinski definition) is 2. The molecule has 3 rings (SSSR count). The third-order valence-corrected chi connectivity index (χ3v) is 3.70. The van der Waals surface area contributed by atoms with Crippen LogP contribution >= 0.6 is 0 Å². The number of amides is 1. The van der Waals surface area contributed by atoms with Gasteiger partial charge in [-0.2, -0.15) is 5.10 Å². The summed E-state index contributed by atoms with van der Waals surface area (Å²) in [5, 5.41) is 7.36. The van der Waals surface area contributed by atoms with Crippen molar-refractivity contribution in [2.24, 2.45) is 0 Å². The van der Waals surface area contributed by atoms with Gasteiger partial charge in [-0.25, -0.2) is 9.67 Å². The summed E-state index contributed by atoms with van der Waals surface area (Å²) < 4.78 is 1.72. The molecule has 0 aliphatic rings. The molecule has 25 heavy (non-hydrogen) atoms. The molecule has 1 aromatic carbocycles. The molecule has 0 saturated carbocycles. The van der Waals surface area contributed by atoms with Crippen molar-refractivity contribution < 1.29 is 4.79 Å².